The Morgan fingerprint density at radius 2 is 1.79 bits per heavy atom. The normalized spacial score (nSPS) is 36.8. The van der Waals surface area contributed by atoms with Crippen LogP contribution in [0.4, 0.5) is 13.2 Å². The predicted molar refractivity (Wildman–Crippen MR) is 70.0 cm³/mol. The molecule has 0 aliphatic heterocycles. The van der Waals surface area contributed by atoms with Crippen molar-refractivity contribution >= 4 is 0 Å². The molecular formula is C14H25F3N2. The summed E-state index contributed by atoms with van der Waals surface area (Å²) in [6.07, 6.45) is -0.239. The van der Waals surface area contributed by atoms with E-state index in [-0.39, 0.29) is 18.1 Å². The van der Waals surface area contributed by atoms with Gasteiger partial charge in [0, 0.05) is 18.1 Å². The van der Waals surface area contributed by atoms with Crippen molar-refractivity contribution in [3.05, 3.63) is 0 Å². The molecule has 0 saturated heterocycles. The van der Waals surface area contributed by atoms with Crippen LogP contribution in [0.3, 0.4) is 0 Å². The zero-order valence-corrected chi connectivity index (χ0v) is 12.0. The standard InChI is InChI=1S/C14H25F3N2/c1-9-6-10(2)13(12(7-9)18-3)19(11-4-5-11)8-14(15,16)17/h9-13,18H,4-8H2,1-3H3. The number of halogens is 3. The van der Waals surface area contributed by atoms with Gasteiger partial charge in [0.05, 0.1) is 6.54 Å². The summed E-state index contributed by atoms with van der Waals surface area (Å²) in [6, 6.07) is 0.357. The maximum Gasteiger partial charge on any atom is 0.401 e. The van der Waals surface area contributed by atoms with E-state index in [1.807, 2.05) is 7.05 Å². The van der Waals surface area contributed by atoms with E-state index in [0.717, 1.165) is 25.7 Å². The van der Waals surface area contributed by atoms with Crippen LogP contribution in [0.5, 0.6) is 0 Å². The van der Waals surface area contributed by atoms with Gasteiger partial charge in [0.25, 0.3) is 0 Å². The molecule has 112 valence electrons. The Kier molecular flexibility index (Phi) is 4.45. The lowest BCUT2D eigenvalue weighted by atomic mass is 9.75. The van der Waals surface area contributed by atoms with E-state index in [9.17, 15) is 13.2 Å². The van der Waals surface area contributed by atoms with Gasteiger partial charge in [-0.2, -0.15) is 13.2 Å². The Labute approximate surface area is 113 Å². The van der Waals surface area contributed by atoms with Gasteiger partial charge in [-0.05, 0) is 44.6 Å². The van der Waals surface area contributed by atoms with Crippen LogP contribution in [0.25, 0.3) is 0 Å². The van der Waals surface area contributed by atoms with Crippen molar-refractivity contribution in [1.82, 2.24) is 10.2 Å². The first-order valence-electron chi connectivity index (χ1n) is 7.31. The molecule has 2 aliphatic rings. The molecule has 0 aromatic rings. The minimum absolute atomic E-state index is 0.0234. The van der Waals surface area contributed by atoms with E-state index in [0.29, 0.717) is 11.8 Å². The molecule has 2 saturated carbocycles. The molecule has 5 heteroatoms. The van der Waals surface area contributed by atoms with Gasteiger partial charge in [-0.25, -0.2) is 0 Å². The Morgan fingerprint density at radius 1 is 1.16 bits per heavy atom. The third-order valence-corrected chi connectivity index (χ3v) is 4.56. The number of nitrogens with one attached hydrogen (secondary N) is 1. The monoisotopic (exact) mass is 278 g/mol. The third kappa shape index (κ3) is 3.85. The van der Waals surface area contributed by atoms with Crippen LogP contribution in [0.1, 0.15) is 39.5 Å². The van der Waals surface area contributed by atoms with Crippen molar-refractivity contribution in [2.75, 3.05) is 13.6 Å². The van der Waals surface area contributed by atoms with Crippen molar-refractivity contribution in [3.63, 3.8) is 0 Å². The quantitative estimate of drug-likeness (QED) is 0.850. The van der Waals surface area contributed by atoms with Crippen molar-refractivity contribution in [2.45, 2.75) is 63.8 Å². The second-order valence-corrected chi connectivity index (χ2v) is 6.46. The van der Waals surface area contributed by atoms with Gasteiger partial charge >= 0.3 is 6.18 Å². The van der Waals surface area contributed by atoms with Gasteiger partial charge in [-0.15, -0.1) is 0 Å². The highest BCUT2D eigenvalue weighted by atomic mass is 19.4. The molecule has 2 nitrogen and oxygen atoms in total. The van der Waals surface area contributed by atoms with Crippen LogP contribution >= 0.6 is 0 Å². The van der Waals surface area contributed by atoms with Crippen LogP contribution in [-0.4, -0.2) is 42.8 Å². The molecule has 4 atom stereocenters. The summed E-state index contributed by atoms with van der Waals surface area (Å²) < 4.78 is 38.5. The molecule has 4 unspecified atom stereocenters. The second kappa shape index (κ2) is 5.60. The highest BCUT2D eigenvalue weighted by Gasteiger charge is 2.46. The summed E-state index contributed by atoms with van der Waals surface area (Å²) in [6.45, 7) is 3.55. The third-order valence-electron chi connectivity index (χ3n) is 4.56. The fourth-order valence-corrected chi connectivity index (χ4v) is 3.78. The van der Waals surface area contributed by atoms with E-state index >= 15 is 0 Å². The molecule has 2 aliphatic carbocycles. The molecule has 2 rings (SSSR count). The SMILES string of the molecule is CNC1CC(C)CC(C)C1N(CC(F)(F)F)C1CC1. The van der Waals surface area contributed by atoms with Crippen molar-refractivity contribution in [2.24, 2.45) is 11.8 Å². The molecule has 0 heterocycles. The minimum atomic E-state index is -4.09. The van der Waals surface area contributed by atoms with Crippen LogP contribution < -0.4 is 5.32 Å². The largest absolute Gasteiger partial charge is 0.401 e. The number of nitrogens with zero attached hydrogens (tertiary/aromatic N) is 1. The van der Waals surface area contributed by atoms with Crippen molar-refractivity contribution in [1.29, 1.82) is 0 Å². The van der Waals surface area contributed by atoms with Crippen molar-refractivity contribution < 1.29 is 13.2 Å². The van der Waals surface area contributed by atoms with Gasteiger partial charge in [0.1, 0.15) is 0 Å². The molecule has 0 aromatic heterocycles. The number of hydrogen-bond donors (Lipinski definition) is 1. The van der Waals surface area contributed by atoms with E-state index in [1.165, 1.54) is 0 Å². The van der Waals surface area contributed by atoms with E-state index < -0.39 is 12.7 Å². The average Bonchev–Trinajstić information content (AvgIpc) is 3.07. The molecule has 19 heavy (non-hydrogen) atoms. The smallest absolute Gasteiger partial charge is 0.315 e. The highest BCUT2D eigenvalue weighted by molar-refractivity contribution is 4.99. The van der Waals surface area contributed by atoms with E-state index in [1.54, 1.807) is 4.90 Å². The number of rotatable bonds is 4. The molecular weight excluding hydrogens is 253 g/mol. The van der Waals surface area contributed by atoms with Crippen LogP contribution in [-0.2, 0) is 0 Å². The van der Waals surface area contributed by atoms with Gasteiger partial charge in [0.15, 0.2) is 0 Å². The maximum atomic E-state index is 12.8. The van der Waals surface area contributed by atoms with Gasteiger partial charge in [0.2, 0.25) is 0 Å². The summed E-state index contributed by atoms with van der Waals surface area (Å²) >= 11 is 0. The Balaban J connectivity index is 2.13. The molecule has 0 amide bonds. The molecule has 0 aromatic carbocycles. The lowest BCUT2D eigenvalue weighted by Gasteiger charge is -2.46. The van der Waals surface area contributed by atoms with Crippen LogP contribution in [0.2, 0.25) is 0 Å². The lowest BCUT2D eigenvalue weighted by Crippen LogP contribution is -2.58. The summed E-state index contributed by atoms with van der Waals surface area (Å²) in [4.78, 5) is 1.73. The van der Waals surface area contributed by atoms with Crippen LogP contribution in [0.15, 0.2) is 0 Å². The van der Waals surface area contributed by atoms with Crippen LogP contribution in [0, 0.1) is 11.8 Å². The summed E-state index contributed by atoms with van der Waals surface area (Å²) in [7, 11) is 1.88. The number of likely N-dealkylation sites (N-methyl/N-ethyl adjacent to an activating group) is 1. The molecule has 1 N–H and O–H groups in total. The Hall–Kier alpha value is -0.290. The molecule has 2 fully saturated rings. The fourth-order valence-electron chi connectivity index (χ4n) is 3.78. The lowest BCUT2D eigenvalue weighted by molar-refractivity contribution is -0.158. The van der Waals surface area contributed by atoms with Crippen molar-refractivity contribution in [3.8, 4) is 0 Å². The number of alkyl halides is 3. The molecule has 0 bridgehead atoms. The van der Waals surface area contributed by atoms with Gasteiger partial charge in [-0.3, -0.25) is 4.90 Å². The first-order valence-corrected chi connectivity index (χ1v) is 7.31. The maximum absolute atomic E-state index is 12.8. The van der Waals surface area contributed by atoms with Gasteiger partial charge in [-0.1, -0.05) is 13.8 Å². The van der Waals surface area contributed by atoms with Gasteiger partial charge < -0.3 is 5.32 Å². The topological polar surface area (TPSA) is 15.3 Å². The summed E-state index contributed by atoms with van der Waals surface area (Å²) in [5.74, 6) is 0.916. The van der Waals surface area contributed by atoms with E-state index in [4.69, 9.17) is 0 Å². The zero-order valence-electron chi connectivity index (χ0n) is 12.0. The van der Waals surface area contributed by atoms with E-state index in [2.05, 4.69) is 19.2 Å². The molecule has 0 spiro atoms. The Morgan fingerprint density at radius 3 is 2.26 bits per heavy atom. The Bertz CT molecular complexity index is 302. The molecule has 0 radical (unpaired) electrons. The first-order chi connectivity index (χ1) is 8.81. The average molecular weight is 278 g/mol. The zero-order chi connectivity index (χ0) is 14.2. The highest BCUT2D eigenvalue weighted by Crippen LogP contribution is 2.39. The predicted octanol–water partition coefficient (Wildman–Crippen LogP) is 3.04. The summed E-state index contributed by atoms with van der Waals surface area (Å²) in [5.41, 5.74) is 0. The number of hydrogen-bond acceptors (Lipinski definition) is 2. The minimum Gasteiger partial charge on any atom is -0.315 e. The second-order valence-electron chi connectivity index (χ2n) is 6.46. The summed E-state index contributed by atoms with van der Waals surface area (Å²) in [5, 5.41) is 3.25. The fraction of sp³-hybridized carbons (Fsp3) is 1.00. The first kappa shape index (κ1) is 15.1.